The highest BCUT2D eigenvalue weighted by Gasteiger charge is 2.18. The summed E-state index contributed by atoms with van der Waals surface area (Å²) in [5, 5.41) is 5.04. The zero-order valence-electron chi connectivity index (χ0n) is 17.0. The second kappa shape index (κ2) is 11.3. The number of rotatable bonds is 9. The molecule has 0 bridgehead atoms. The average Bonchev–Trinajstić information content (AvgIpc) is 2.76. The van der Waals surface area contributed by atoms with Crippen LogP contribution in [0.25, 0.3) is 6.08 Å². The molecule has 0 aromatic heterocycles. The van der Waals surface area contributed by atoms with Crippen molar-refractivity contribution in [1.82, 2.24) is 5.32 Å². The number of benzene rings is 2. The molecule has 0 saturated heterocycles. The lowest BCUT2D eigenvalue weighted by atomic mass is 10.2. The first-order valence-electron chi connectivity index (χ1n) is 9.16. The molecule has 2 aromatic rings. The van der Waals surface area contributed by atoms with E-state index in [1.165, 1.54) is 27.2 Å². The summed E-state index contributed by atoms with van der Waals surface area (Å²) < 4.78 is 15.4. The van der Waals surface area contributed by atoms with Crippen LogP contribution in [0.1, 0.15) is 12.5 Å². The van der Waals surface area contributed by atoms with E-state index >= 15 is 0 Å². The summed E-state index contributed by atoms with van der Waals surface area (Å²) in [7, 11) is 2.99. The van der Waals surface area contributed by atoms with E-state index in [0.29, 0.717) is 17.2 Å². The number of hydrogen-bond acceptors (Lipinski definition) is 6. The van der Waals surface area contributed by atoms with Gasteiger partial charge < -0.3 is 24.8 Å². The number of anilines is 1. The SMILES string of the molecule is COc1ccc(NC(=O)[C@H](C)OC(=O)CNC(=O)/C=C/c2ccccc2)cc1OC. The molecule has 0 aliphatic carbocycles. The van der Waals surface area contributed by atoms with Gasteiger partial charge in [-0.05, 0) is 30.7 Å². The Morgan fingerprint density at radius 2 is 1.70 bits per heavy atom. The smallest absolute Gasteiger partial charge is 0.326 e. The normalized spacial score (nSPS) is 11.4. The molecule has 2 rings (SSSR count). The molecule has 30 heavy (non-hydrogen) atoms. The van der Waals surface area contributed by atoms with Gasteiger partial charge in [0, 0.05) is 17.8 Å². The van der Waals surface area contributed by atoms with Gasteiger partial charge in [0.05, 0.1) is 14.2 Å². The molecule has 1 atom stereocenters. The standard InChI is InChI=1S/C22H24N2O6/c1-15(22(27)24-17-10-11-18(28-2)19(13-17)29-3)30-21(26)14-23-20(25)12-9-16-7-5-4-6-8-16/h4-13,15H,14H2,1-3H3,(H,23,25)(H,24,27)/b12-9+/t15-/m0/s1. The number of amides is 2. The number of esters is 1. The van der Waals surface area contributed by atoms with E-state index < -0.39 is 23.9 Å². The minimum Gasteiger partial charge on any atom is -0.493 e. The lowest BCUT2D eigenvalue weighted by Gasteiger charge is -2.15. The molecule has 8 nitrogen and oxygen atoms in total. The van der Waals surface area contributed by atoms with Crippen molar-refractivity contribution in [1.29, 1.82) is 0 Å². The van der Waals surface area contributed by atoms with E-state index in [1.807, 2.05) is 30.3 Å². The molecule has 0 aliphatic heterocycles. The van der Waals surface area contributed by atoms with Crippen molar-refractivity contribution in [2.75, 3.05) is 26.1 Å². The predicted molar refractivity (Wildman–Crippen MR) is 112 cm³/mol. The fourth-order valence-electron chi connectivity index (χ4n) is 2.40. The number of methoxy groups -OCH3 is 2. The Kier molecular flexibility index (Phi) is 8.43. The van der Waals surface area contributed by atoms with E-state index in [0.717, 1.165) is 5.56 Å². The van der Waals surface area contributed by atoms with Gasteiger partial charge in [-0.15, -0.1) is 0 Å². The van der Waals surface area contributed by atoms with Crippen LogP contribution in [0.4, 0.5) is 5.69 Å². The Morgan fingerprint density at radius 3 is 2.37 bits per heavy atom. The van der Waals surface area contributed by atoms with Crippen molar-refractivity contribution in [2.45, 2.75) is 13.0 Å². The van der Waals surface area contributed by atoms with Crippen LogP contribution < -0.4 is 20.1 Å². The molecular weight excluding hydrogens is 388 g/mol. The number of carbonyl (C=O) groups is 3. The summed E-state index contributed by atoms with van der Waals surface area (Å²) in [6.07, 6.45) is 1.89. The minimum absolute atomic E-state index is 0.355. The number of hydrogen-bond donors (Lipinski definition) is 2. The van der Waals surface area contributed by atoms with E-state index in [1.54, 1.807) is 24.3 Å². The highest BCUT2D eigenvalue weighted by molar-refractivity contribution is 5.96. The van der Waals surface area contributed by atoms with Gasteiger partial charge in [-0.1, -0.05) is 30.3 Å². The molecule has 2 amide bonds. The molecule has 2 aromatic carbocycles. The minimum atomic E-state index is -1.05. The first-order chi connectivity index (χ1) is 14.4. The van der Waals surface area contributed by atoms with Crippen molar-refractivity contribution in [3.8, 4) is 11.5 Å². The molecular formula is C22H24N2O6. The van der Waals surface area contributed by atoms with Gasteiger partial charge in [-0.2, -0.15) is 0 Å². The van der Waals surface area contributed by atoms with Crippen LogP contribution in [-0.2, 0) is 19.1 Å². The Balaban J connectivity index is 1.80. The van der Waals surface area contributed by atoms with E-state index in [9.17, 15) is 14.4 Å². The van der Waals surface area contributed by atoms with Crippen molar-refractivity contribution >= 4 is 29.5 Å². The van der Waals surface area contributed by atoms with E-state index in [2.05, 4.69) is 10.6 Å². The number of nitrogens with one attached hydrogen (secondary N) is 2. The second-order valence-corrected chi connectivity index (χ2v) is 6.15. The van der Waals surface area contributed by atoms with Gasteiger partial charge in [0.15, 0.2) is 17.6 Å². The van der Waals surface area contributed by atoms with Gasteiger partial charge in [-0.25, -0.2) is 0 Å². The summed E-state index contributed by atoms with van der Waals surface area (Å²) in [6, 6.07) is 14.1. The Hall–Kier alpha value is -3.81. The monoisotopic (exact) mass is 412 g/mol. The molecule has 0 aliphatic rings. The maximum atomic E-state index is 12.2. The van der Waals surface area contributed by atoms with Crippen molar-refractivity contribution in [2.24, 2.45) is 0 Å². The number of carbonyl (C=O) groups excluding carboxylic acids is 3. The van der Waals surface area contributed by atoms with Gasteiger partial charge in [-0.3, -0.25) is 14.4 Å². The summed E-state index contributed by atoms with van der Waals surface area (Å²) in [6.45, 7) is 1.08. The fourth-order valence-corrected chi connectivity index (χ4v) is 2.40. The van der Waals surface area contributed by atoms with Crippen molar-refractivity contribution in [3.63, 3.8) is 0 Å². The molecule has 0 spiro atoms. The molecule has 0 radical (unpaired) electrons. The quantitative estimate of drug-likeness (QED) is 0.484. The summed E-state index contributed by atoms with van der Waals surface area (Å²) >= 11 is 0. The average molecular weight is 412 g/mol. The first kappa shape index (κ1) is 22.5. The van der Waals surface area contributed by atoms with E-state index in [4.69, 9.17) is 14.2 Å². The van der Waals surface area contributed by atoms with Crippen LogP contribution >= 0.6 is 0 Å². The van der Waals surface area contributed by atoms with Crippen LogP contribution in [0.15, 0.2) is 54.6 Å². The molecule has 2 N–H and O–H groups in total. The number of ether oxygens (including phenoxy) is 3. The lowest BCUT2D eigenvalue weighted by Crippen LogP contribution is -2.35. The zero-order chi connectivity index (χ0) is 21.9. The van der Waals surface area contributed by atoms with Crippen LogP contribution in [0.2, 0.25) is 0 Å². The maximum Gasteiger partial charge on any atom is 0.326 e. The maximum absolute atomic E-state index is 12.2. The Labute approximate surface area is 174 Å². The van der Waals surface area contributed by atoms with Gasteiger partial charge >= 0.3 is 5.97 Å². The van der Waals surface area contributed by atoms with Gasteiger partial charge in [0.2, 0.25) is 5.91 Å². The van der Waals surface area contributed by atoms with Crippen molar-refractivity contribution < 1.29 is 28.6 Å². The van der Waals surface area contributed by atoms with E-state index in [-0.39, 0.29) is 6.54 Å². The molecule has 158 valence electrons. The highest BCUT2D eigenvalue weighted by Crippen LogP contribution is 2.29. The molecule has 0 fully saturated rings. The van der Waals surface area contributed by atoms with Crippen LogP contribution in [0.3, 0.4) is 0 Å². The van der Waals surface area contributed by atoms with Gasteiger partial charge in [0.1, 0.15) is 6.54 Å². The summed E-state index contributed by atoms with van der Waals surface area (Å²) in [5.74, 6) is -0.728. The first-order valence-corrected chi connectivity index (χ1v) is 9.16. The van der Waals surface area contributed by atoms with Crippen LogP contribution in [0.5, 0.6) is 11.5 Å². The molecule has 0 saturated carbocycles. The van der Waals surface area contributed by atoms with Crippen LogP contribution in [0, 0.1) is 0 Å². The topological polar surface area (TPSA) is 103 Å². The molecule has 8 heteroatoms. The Morgan fingerprint density at radius 1 is 1.00 bits per heavy atom. The molecule has 0 heterocycles. The fraction of sp³-hybridized carbons (Fsp3) is 0.227. The predicted octanol–water partition coefficient (Wildman–Crippen LogP) is 2.40. The zero-order valence-corrected chi connectivity index (χ0v) is 17.0. The third-order valence-electron chi connectivity index (χ3n) is 3.96. The summed E-state index contributed by atoms with van der Waals surface area (Å²) in [5.41, 5.74) is 1.32. The van der Waals surface area contributed by atoms with Crippen molar-refractivity contribution in [3.05, 3.63) is 60.2 Å². The highest BCUT2D eigenvalue weighted by atomic mass is 16.5. The molecule has 0 unspecified atom stereocenters. The third-order valence-corrected chi connectivity index (χ3v) is 3.96. The van der Waals surface area contributed by atoms with Crippen LogP contribution in [-0.4, -0.2) is 44.7 Å². The second-order valence-electron chi connectivity index (χ2n) is 6.15. The van der Waals surface area contributed by atoms with Gasteiger partial charge in [0.25, 0.3) is 5.91 Å². The largest absolute Gasteiger partial charge is 0.493 e. The Bertz CT molecular complexity index is 911. The lowest BCUT2D eigenvalue weighted by molar-refractivity contribution is -0.152. The third kappa shape index (κ3) is 6.97. The summed E-state index contributed by atoms with van der Waals surface area (Å²) in [4.78, 5) is 35.9.